The van der Waals surface area contributed by atoms with Crippen LogP contribution in [0.4, 0.5) is 0 Å². The zero-order chi connectivity index (χ0) is 12.5. The molecule has 0 radical (unpaired) electrons. The van der Waals surface area contributed by atoms with Crippen LogP contribution in [0.3, 0.4) is 0 Å². The Bertz CT molecular complexity index is 502. The molecule has 1 aromatic carbocycles. The van der Waals surface area contributed by atoms with E-state index in [0.717, 1.165) is 30.5 Å². The molecule has 1 unspecified atom stereocenters. The van der Waals surface area contributed by atoms with Crippen molar-refractivity contribution in [1.29, 1.82) is 0 Å². The van der Waals surface area contributed by atoms with Gasteiger partial charge >= 0.3 is 0 Å². The average molecular weight is 253 g/mol. The van der Waals surface area contributed by atoms with Gasteiger partial charge < -0.3 is 5.32 Å². The van der Waals surface area contributed by atoms with E-state index < -0.39 is 9.84 Å². The Hall–Kier alpha value is -0.870. The summed E-state index contributed by atoms with van der Waals surface area (Å²) in [4.78, 5) is 0.492. The summed E-state index contributed by atoms with van der Waals surface area (Å²) in [6.07, 6.45) is 2.04. The van der Waals surface area contributed by atoms with Crippen LogP contribution < -0.4 is 5.32 Å². The van der Waals surface area contributed by atoms with Gasteiger partial charge in [-0.2, -0.15) is 0 Å². The summed E-state index contributed by atoms with van der Waals surface area (Å²) in [7, 11) is -3.16. The number of rotatable bonds is 3. The molecule has 1 heterocycles. The molecule has 0 amide bonds. The van der Waals surface area contributed by atoms with Crippen LogP contribution >= 0.6 is 0 Å². The first-order valence-electron chi connectivity index (χ1n) is 6.02. The maximum absolute atomic E-state index is 12.3. The lowest BCUT2D eigenvalue weighted by Crippen LogP contribution is -2.30. The largest absolute Gasteiger partial charge is 0.313 e. The van der Waals surface area contributed by atoms with Crippen LogP contribution in [0.5, 0.6) is 0 Å². The van der Waals surface area contributed by atoms with E-state index in [0.29, 0.717) is 4.90 Å². The molecule has 0 aromatic heterocycles. The molecular weight excluding hydrogens is 234 g/mol. The summed E-state index contributed by atoms with van der Waals surface area (Å²) < 4.78 is 24.6. The summed E-state index contributed by atoms with van der Waals surface area (Å²) in [6, 6.07) is 5.73. The zero-order valence-electron chi connectivity index (χ0n) is 10.4. The monoisotopic (exact) mass is 253 g/mol. The van der Waals surface area contributed by atoms with E-state index in [9.17, 15) is 8.42 Å². The molecule has 3 nitrogen and oxygen atoms in total. The van der Waals surface area contributed by atoms with Gasteiger partial charge in [0.05, 0.1) is 10.6 Å². The maximum Gasteiger partial charge on any atom is 0.180 e. The molecule has 0 saturated carbocycles. The minimum atomic E-state index is -3.16. The number of benzene rings is 1. The Morgan fingerprint density at radius 1 is 1.35 bits per heavy atom. The van der Waals surface area contributed by atoms with E-state index in [1.54, 1.807) is 6.07 Å². The van der Waals surface area contributed by atoms with Crippen molar-refractivity contribution in [2.24, 2.45) is 0 Å². The van der Waals surface area contributed by atoms with Crippen LogP contribution in [-0.4, -0.2) is 26.8 Å². The standard InChI is InChI=1S/C13H19NO2S/c1-10-5-6-11(2)13(8-10)17(15,16)9-12-4-3-7-14-12/h5-6,8,12,14H,3-4,7,9H2,1-2H3. The number of sulfone groups is 1. The molecule has 1 N–H and O–H groups in total. The summed E-state index contributed by atoms with van der Waals surface area (Å²) in [5.74, 6) is 0.220. The van der Waals surface area contributed by atoms with Crippen molar-refractivity contribution in [3.8, 4) is 0 Å². The molecule has 1 aliphatic heterocycles. The van der Waals surface area contributed by atoms with Gasteiger partial charge in [0.25, 0.3) is 0 Å². The molecule has 1 aromatic rings. The van der Waals surface area contributed by atoms with E-state index >= 15 is 0 Å². The SMILES string of the molecule is Cc1ccc(C)c(S(=O)(=O)CC2CCCN2)c1. The summed E-state index contributed by atoms with van der Waals surface area (Å²) >= 11 is 0. The van der Waals surface area contributed by atoms with E-state index in [2.05, 4.69) is 5.32 Å². The third kappa shape index (κ3) is 2.87. The first-order valence-corrected chi connectivity index (χ1v) is 7.68. The second kappa shape index (κ2) is 4.78. The van der Waals surface area contributed by atoms with Gasteiger partial charge in [-0.15, -0.1) is 0 Å². The Morgan fingerprint density at radius 3 is 2.76 bits per heavy atom. The Labute approximate surface area is 103 Å². The third-order valence-corrected chi connectivity index (χ3v) is 5.21. The zero-order valence-corrected chi connectivity index (χ0v) is 11.2. The second-order valence-corrected chi connectivity index (χ2v) is 6.85. The van der Waals surface area contributed by atoms with Gasteiger partial charge in [-0.3, -0.25) is 0 Å². The maximum atomic E-state index is 12.3. The average Bonchev–Trinajstić information content (AvgIpc) is 2.73. The van der Waals surface area contributed by atoms with Crippen LogP contribution in [0.25, 0.3) is 0 Å². The van der Waals surface area contributed by atoms with Crippen molar-refractivity contribution in [1.82, 2.24) is 5.32 Å². The van der Waals surface area contributed by atoms with Gasteiger partial charge in [0.2, 0.25) is 0 Å². The summed E-state index contributed by atoms with van der Waals surface area (Å²) in [5, 5.41) is 3.24. The summed E-state index contributed by atoms with van der Waals surface area (Å²) in [6.45, 7) is 4.72. The quantitative estimate of drug-likeness (QED) is 0.894. The number of hydrogen-bond acceptors (Lipinski definition) is 3. The highest BCUT2D eigenvalue weighted by molar-refractivity contribution is 7.91. The Balaban J connectivity index is 2.27. The van der Waals surface area contributed by atoms with Crippen LogP contribution in [-0.2, 0) is 9.84 Å². The van der Waals surface area contributed by atoms with Crippen LogP contribution in [0.2, 0.25) is 0 Å². The van der Waals surface area contributed by atoms with Crippen molar-refractivity contribution in [2.75, 3.05) is 12.3 Å². The molecule has 0 spiro atoms. The molecular formula is C13H19NO2S. The molecule has 1 saturated heterocycles. The topological polar surface area (TPSA) is 46.2 Å². The van der Waals surface area contributed by atoms with Gasteiger partial charge in [-0.05, 0) is 50.4 Å². The lowest BCUT2D eigenvalue weighted by molar-refractivity contribution is 0.576. The fourth-order valence-corrected chi connectivity index (χ4v) is 4.21. The van der Waals surface area contributed by atoms with E-state index in [1.165, 1.54) is 0 Å². The smallest absolute Gasteiger partial charge is 0.180 e. The molecule has 17 heavy (non-hydrogen) atoms. The predicted octanol–water partition coefficient (Wildman–Crippen LogP) is 1.83. The molecule has 94 valence electrons. The normalized spacial score (nSPS) is 20.7. The molecule has 1 fully saturated rings. The van der Waals surface area contributed by atoms with Crippen molar-refractivity contribution in [3.05, 3.63) is 29.3 Å². The van der Waals surface area contributed by atoms with Crippen LogP contribution in [0.1, 0.15) is 24.0 Å². The number of nitrogens with one attached hydrogen (secondary N) is 1. The van der Waals surface area contributed by atoms with Crippen LogP contribution in [0.15, 0.2) is 23.1 Å². The summed E-state index contributed by atoms with van der Waals surface area (Å²) in [5.41, 5.74) is 1.84. The van der Waals surface area contributed by atoms with Crippen molar-refractivity contribution in [3.63, 3.8) is 0 Å². The van der Waals surface area contributed by atoms with Gasteiger partial charge in [0.15, 0.2) is 9.84 Å². The van der Waals surface area contributed by atoms with Crippen molar-refractivity contribution < 1.29 is 8.42 Å². The first-order chi connectivity index (χ1) is 7.99. The highest BCUT2D eigenvalue weighted by Gasteiger charge is 2.24. The molecule has 0 aliphatic carbocycles. The lowest BCUT2D eigenvalue weighted by Gasteiger charge is -2.13. The lowest BCUT2D eigenvalue weighted by atomic mass is 10.2. The van der Waals surface area contributed by atoms with E-state index in [4.69, 9.17) is 0 Å². The molecule has 1 atom stereocenters. The fourth-order valence-electron chi connectivity index (χ4n) is 2.30. The third-order valence-electron chi connectivity index (χ3n) is 3.26. The first kappa shape index (κ1) is 12.6. The van der Waals surface area contributed by atoms with E-state index in [1.807, 2.05) is 26.0 Å². The highest BCUT2D eigenvalue weighted by Crippen LogP contribution is 2.20. The molecule has 1 aliphatic rings. The minimum absolute atomic E-state index is 0.125. The second-order valence-electron chi connectivity index (χ2n) is 4.84. The Morgan fingerprint density at radius 2 is 2.12 bits per heavy atom. The van der Waals surface area contributed by atoms with Gasteiger partial charge in [-0.25, -0.2) is 8.42 Å². The fraction of sp³-hybridized carbons (Fsp3) is 0.538. The van der Waals surface area contributed by atoms with Crippen molar-refractivity contribution in [2.45, 2.75) is 37.6 Å². The van der Waals surface area contributed by atoms with Crippen molar-refractivity contribution >= 4 is 9.84 Å². The van der Waals surface area contributed by atoms with E-state index in [-0.39, 0.29) is 11.8 Å². The van der Waals surface area contributed by atoms with Gasteiger partial charge in [-0.1, -0.05) is 12.1 Å². The molecule has 2 rings (SSSR count). The number of hydrogen-bond donors (Lipinski definition) is 1. The minimum Gasteiger partial charge on any atom is -0.313 e. The highest BCUT2D eigenvalue weighted by atomic mass is 32.2. The predicted molar refractivity (Wildman–Crippen MR) is 69.0 cm³/mol. The number of aryl methyl sites for hydroxylation is 2. The van der Waals surface area contributed by atoms with Crippen LogP contribution in [0, 0.1) is 13.8 Å². The Kier molecular flexibility index (Phi) is 3.54. The molecule has 4 heteroatoms. The van der Waals surface area contributed by atoms with Gasteiger partial charge in [0.1, 0.15) is 0 Å². The van der Waals surface area contributed by atoms with Gasteiger partial charge in [0, 0.05) is 6.04 Å². The molecule has 0 bridgehead atoms.